The van der Waals surface area contributed by atoms with Gasteiger partial charge in [0.15, 0.2) is 18.9 Å². The minimum absolute atomic E-state index is 0.0258. The highest BCUT2D eigenvalue weighted by Crippen LogP contribution is 2.04. The van der Waals surface area contributed by atoms with E-state index in [1.165, 1.54) is 6.92 Å². The monoisotopic (exact) mass is 524 g/mol. The highest BCUT2D eigenvalue weighted by atomic mass is 16.4. The molecule has 0 heterocycles. The van der Waals surface area contributed by atoms with Gasteiger partial charge in [-0.3, -0.25) is 0 Å². The molecule has 0 aliphatic heterocycles. The molecular weight excluding hydrogens is 488 g/mol. The first-order valence-electron chi connectivity index (χ1n) is 9.83. The van der Waals surface area contributed by atoms with Crippen molar-refractivity contribution in [1.29, 1.82) is 0 Å². The molecule has 0 aliphatic rings. The average molecular weight is 524 g/mol. The Labute approximate surface area is 199 Å². The first-order valence-corrected chi connectivity index (χ1v) is 9.83. The van der Waals surface area contributed by atoms with Crippen LogP contribution in [0, 0.1) is 0 Å². The molecule has 17 nitrogen and oxygen atoms in total. The summed E-state index contributed by atoms with van der Waals surface area (Å²) in [5.41, 5.74) is 0. The lowest BCUT2D eigenvalue weighted by Gasteiger charge is -2.22. The Bertz CT molecular complexity index is 517. The van der Waals surface area contributed by atoms with Crippen molar-refractivity contribution in [3.63, 3.8) is 0 Å². The third-order valence-electron chi connectivity index (χ3n) is 4.17. The number of hydrogen-bond acceptors (Lipinski definition) is 17. The summed E-state index contributed by atoms with van der Waals surface area (Å²) >= 11 is 0. The van der Waals surface area contributed by atoms with E-state index in [4.69, 9.17) is 71.5 Å². The molecule has 0 aliphatic carbocycles. The van der Waals surface area contributed by atoms with E-state index in [-0.39, 0.29) is 18.9 Å². The maximum Gasteiger partial charge on any atom is 0.151 e. The highest BCUT2D eigenvalue weighted by molar-refractivity contribution is 5.57. The van der Waals surface area contributed by atoms with Crippen LogP contribution >= 0.6 is 0 Å². The fraction of sp³-hybridized carbons (Fsp3) is 0.833. The standard InChI is InChI=1S/2C6H12O6.C6H12O5/c2*7-1-3(9)5(11)6(12)4(10)2-8;1-3(8)5(10)6(11)4(9)2-7/h2*1,3-6,8-12H,2H2;2-6,8-11H,1H3. The van der Waals surface area contributed by atoms with Gasteiger partial charge in [0.25, 0.3) is 0 Å². The Morgan fingerprint density at radius 2 is 0.686 bits per heavy atom. The van der Waals surface area contributed by atoms with Crippen LogP contribution in [0.25, 0.3) is 0 Å². The summed E-state index contributed by atoms with van der Waals surface area (Å²) in [4.78, 5) is 29.7. The van der Waals surface area contributed by atoms with Gasteiger partial charge in [0.2, 0.25) is 0 Å². The molecule has 0 saturated heterocycles. The van der Waals surface area contributed by atoms with Crippen molar-refractivity contribution < 1.29 is 85.9 Å². The smallest absolute Gasteiger partial charge is 0.151 e. The molecule has 14 N–H and O–H groups in total. The number of carbonyl (C=O) groups is 3. The van der Waals surface area contributed by atoms with Crippen LogP contribution in [0.4, 0.5) is 0 Å². The van der Waals surface area contributed by atoms with Crippen LogP contribution in [-0.4, -0.2) is 177 Å². The van der Waals surface area contributed by atoms with Crippen molar-refractivity contribution in [1.82, 2.24) is 0 Å². The molecule has 210 valence electrons. The van der Waals surface area contributed by atoms with E-state index in [1.54, 1.807) is 0 Å². The molecule has 0 spiro atoms. The predicted octanol–water partition coefficient (Wildman–Crippen LogP) is -9.11. The Balaban J connectivity index is -0.000000439. The van der Waals surface area contributed by atoms with E-state index < -0.39 is 86.5 Å². The molecule has 0 fully saturated rings. The van der Waals surface area contributed by atoms with E-state index in [0.717, 1.165) is 0 Å². The number of rotatable bonds is 14. The third kappa shape index (κ3) is 15.2. The number of aliphatic hydroxyl groups excluding tert-OH is 14. The van der Waals surface area contributed by atoms with Gasteiger partial charge in [0.05, 0.1) is 19.3 Å². The normalized spacial score (nSPS) is 21.3. The Morgan fingerprint density at radius 1 is 0.457 bits per heavy atom. The molecule has 0 aromatic carbocycles. The zero-order valence-corrected chi connectivity index (χ0v) is 18.6. The molecular formula is C18H36O17. The molecule has 0 amide bonds. The summed E-state index contributed by atoms with van der Waals surface area (Å²) in [6, 6.07) is 0. The van der Waals surface area contributed by atoms with E-state index in [9.17, 15) is 14.4 Å². The van der Waals surface area contributed by atoms with E-state index >= 15 is 0 Å². The van der Waals surface area contributed by atoms with Crippen molar-refractivity contribution in [3.05, 3.63) is 0 Å². The van der Waals surface area contributed by atoms with Crippen LogP contribution in [0.5, 0.6) is 0 Å². The summed E-state index contributed by atoms with van der Waals surface area (Å²) in [6.07, 6.45) is -19.6. The summed E-state index contributed by atoms with van der Waals surface area (Å²) in [6.45, 7) is -0.279. The molecule has 0 rings (SSSR count). The molecule has 0 saturated carbocycles. The zero-order valence-electron chi connectivity index (χ0n) is 18.6. The van der Waals surface area contributed by atoms with Gasteiger partial charge in [0, 0.05) is 0 Å². The second-order valence-corrected chi connectivity index (χ2v) is 7.06. The van der Waals surface area contributed by atoms with Crippen molar-refractivity contribution in [2.75, 3.05) is 13.2 Å². The topological polar surface area (TPSA) is 334 Å². The van der Waals surface area contributed by atoms with Gasteiger partial charge in [-0.15, -0.1) is 0 Å². The van der Waals surface area contributed by atoms with Gasteiger partial charge >= 0.3 is 0 Å². The van der Waals surface area contributed by atoms with Gasteiger partial charge in [0.1, 0.15) is 67.1 Å². The third-order valence-corrected chi connectivity index (χ3v) is 4.17. The summed E-state index contributed by atoms with van der Waals surface area (Å²) in [5.74, 6) is 0. The molecule has 12 unspecified atom stereocenters. The SMILES string of the molecule is CC(O)C(O)C(O)C(O)C=O.O=CC(O)C(O)C(O)C(O)CO.O=CC(O)C(O)C(O)C(O)CO. The molecule has 0 aromatic heterocycles. The maximum absolute atomic E-state index is 9.90. The van der Waals surface area contributed by atoms with Crippen LogP contribution in [0.3, 0.4) is 0 Å². The van der Waals surface area contributed by atoms with Gasteiger partial charge in [-0.05, 0) is 6.92 Å². The second-order valence-electron chi connectivity index (χ2n) is 7.06. The number of carbonyl (C=O) groups excluding carboxylic acids is 3. The summed E-state index contributed by atoms with van der Waals surface area (Å²) in [7, 11) is 0. The van der Waals surface area contributed by atoms with E-state index in [2.05, 4.69) is 0 Å². The van der Waals surface area contributed by atoms with E-state index in [1.807, 2.05) is 0 Å². The quantitative estimate of drug-likeness (QED) is 0.0937. The lowest BCUT2D eigenvalue weighted by Crippen LogP contribution is -2.46. The first-order chi connectivity index (χ1) is 16.1. The molecule has 0 bridgehead atoms. The zero-order chi connectivity index (χ0) is 28.5. The first kappa shape index (κ1) is 38.0. The average Bonchev–Trinajstić information content (AvgIpc) is 2.88. The number of hydrogen-bond donors (Lipinski definition) is 14. The molecule has 0 aromatic rings. The van der Waals surface area contributed by atoms with Gasteiger partial charge in [-0.1, -0.05) is 0 Å². The molecule has 12 atom stereocenters. The second kappa shape index (κ2) is 20.6. The number of aliphatic hydroxyl groups is 14. The van der Waals surface area contributed by atoms with Crippen molar-refractivity contribution in [2.45, 2.75) is 80.2 Å². The summed E-state index contributed by atoms with van der Waals surface area (Å²) in [5, 5.41) is 122. The molecule has 17 heteroatoms. The Hall–Kier alpha value is -1.55. The lowest BCUT2D eigenvalue weighted by molar-refractivity contribution is -0.136. The number of aldehydes is 3. The van der Waals surface area contributed by atoms with E-state index in [0.29, 0.717) is 0 Å². The van der Waals surface area contributed by atoms with Crippen LogP contribution in [0.15, 0.2) is 0 Å². The Morgan fingerprint density at radius 3 is 0.857 bits per heavy atom. The summed E-state index contributed by atoms with van der Waals surface area (Å²) < 4.78 is 0. The largest absolute Gasteiger partial charge is 0.394 e. The van der Waals surface area contributed by atoms with Crippen LogP contribution in [0.1, 0.15) is 6.92 Å². The lowest BCUT2D eigenvalue weighted by atomic mass is 10.0. The fourth-order valence-electron chi connectivity index (χ4n) is 1.80. The minimum atomic E-state index is -1.79. The maximum atomic E-state index is 9.90. The highest BCUT2D eigenvalue weighted by Gasteiger charge is 2.30. The predicted molar refractivity (Wildman–Crippen MR) is 110 cm³/mol. The van der Waals surface area contributed by atoms with Crippen LogP contribution in [0.2, 0.25) is 0 Å². The van der Waals surface area contributed by atoms with Crippen molar-refractivity contribution >= 4 is 18.9 Å². The molecule has 35 heavy (non-hydrogen) atoms. The van der Waals surface area contributed by atoms with Crippen molar-refractivity contribution in [2.24, 2.45) is 0 Å². The van der Waals surface area contributed by atoms with Gasteiger partial charge < -0.3 is 85.9 Å². The van der Waals surface area contributed by atoms with Gasteiger partial charge in [-0.25, -0.2) is 0 Å². The Kier molecular flexibility index (Phi) is 22.4. The van der Waals surface area contributed by atoms with Crippen LogP contribution in [-0.2, 0) is 14.4 Å². The van der Waals surface area contributed by atoms with Gasteiger partial charge in [-0.2, -0.15) is 0 Å². The molecule has 0 radical (unpaired) electrons. The minimum Gasteiger partial charge on any atom is -0.394 e. The van der Waals surface area contributed by atoms with Crippen molar-refractivity contribution in [3.8, 4) is 0 Å². The fourth-order valence-corrected chi connectivity index (χ4v) is 1.80. The van der Waals surface area contributed by atoms with Crippen LogP contribution < -0.4 is 0 Å².